The highest BCUT2D eigenvalue weighted by atomic mass is 16.2. The van der Waals surface area contributed by atoms with Crippen molar-refractivity contribution in [1.82, 2.24) is 9.66 Å². The number of hydrogen-bond donors (Lipinski definition) is 0. The van der Waals surface area contributed by atoms with Crippen molar-refractivity contribution in [1.29, 1.82) is 0 Å². The average molecular weight is 287 g/mol. The first-order valence-corrected chi connectivity index (χ1v) is 6.78. The first kappa shape index (κ1) is 14.9. The number of aryl methyl sites for hydroxylation is 1. The van der Waals surface area contributed by atoms with E-state index in [4.69, 9.17) is 0 Å². The van der Waals surface area contributed by atoms with Crippen LogP contribution in [0.2, 0.25) is 0 Å². The quantitative estimate of drug-likeness (QED) is 0.855. The lowest BCUT2D eigenvalue weighted by molar-refractivity contribution is -0.126. The molecule has 2 rings (SSSR count). The van der Waals surface area contributed by atoms with Gasteiger partial charge in [0.05, 0.1) is 0 Å². The molecule has 0 saturated carbocycles. The van der Waals surface area contributed by atoms with Crippen molar-refractivity contribution in [3.63, 3.8) is 0 Å². The first-order chi connectivity index (χ1) is 9.97. The van der Waals surface area contributed by atoms with Gasteiger partial charge in [-0.1, -0.05) is 13.3 Å². The zero-order chi connectivity index (χ0) is 15.6. The number of carbonyl (C=O) groups is 2. The summed E-state index contributed by atoms with van der Waals surface area (Å²) in [4.78, 5) is 40.3. The summed E-state index contributed by atoms with van der Waals surface area (Å²) in [7, 11) is 0. The zero-order valence-corrected chi connectivity index (χ0v) is 12.3. The van der Waals surface area contributed by atoms with Gasteiger partial charge in [0.15, 0.2) is 5.65 Å². The van der Waals surface area contributed by atoms with Crippen LogP contribution in [-0.4, -0.2) is 21.5 Å². The van der Waals surface area contributed by atoms with Crippen molar-refractivity contribution < 1.29 is 9.59 Å². The van der Waals surface area contributed by atoms with Crippen LogP contribution in [0.1, 0.15) is 32.8 Å². The summed E-state index contributed by atoms with van der Waals surface area (Å²) >= 11 is 0. The molecule has 0 aromatic carbocycles. The second-order valence-corrected chi connectivity index (χ2v) is 4.80. The van der Waals surface area contributed by atoms with Gasteiger partial charge in [0.1, 0.15) is 0 Å². The highest BCUT2D eigenvalue weighted by Crippen LogP contribution is 2.12. The van der Waals surface area contributed by atoms with Gasteiger partial charge in [-0.25, -0.2) is 4.98 Å². The predicted molar refractivity (Wildman–Crippen MR) is 79.6 cm³/mol. The van der Waals surface area contributed by atoms with E-state index in [-0.39, 0.29) is 5.56 Å². The summed E-state index contributed by atoms with van der Waals surface area (Å²) in [6, 6.07) is 5.32. The van der Waals surface area contributed by atoms with Crippen molar-refractivity contribution in [2.24, 2.45) is 0 Å². The zero-order valence-electron chi connectivity index (χ0n) is 12.3. The van der Waals surface area contributed by atoms with Crippen LogP contribution in [0.5, 0.6) is 0 Å². The number of imide groups is 1. The number of fused-ring (bicyclic) bond motifs is 1. The SMILES string of the molecule is CCCc1cc2cccnc2n(N(C(C)=O)C(C)=O)c1=O. The van der Waals surface area contributed by atoms with Crippen molar-refractivity contribution >= 4 is 22.8 Å². The molecule has 2 amide bonds. The monoisotopic (exact) mass is 287 g/mol. The summed E-state index contributed by atoms with van der Waals surface area (Å²) in [5.41, 5.74) is 0.478. The third-order valence-electron chi connectivity index (χ3n) is 3.13. The average Bonchev–Trinajstić information content (AvgIpc) is 2.42. The molecule has 0 aliphatic rings. The van der Waals surface area contributed by atoms with Crippen LogP contribution in [0, 0.1) is 0 Å². The van der Waals surface area contributed by atoms with Crippen LogP contribution in [0.4, 0.5) is 0 Å². The summed E-state index contributed by atoms with van der Waals surface area (Å²) in [6.07, 6.45) is 2.89. The van der Waals surface area contributed by atoms with Gasteiger partial charge in [-0.15, -0.1) is 0 Å². The van der Waals surface area contributed by atoms with E-state index in [1.807, 2.05) is 6.92 Å². The minimum absolute atomic E-state index is 0.299. The Morgan fingerprint density at radius 1 is 1.29 bits per heavy atom. The molecule has 0 saturated heterocycles. The smallest absolute Gasteiger partial charge is 0.273 e. The number of aromatic nitrogens is 2. The largest absolute Gasteiger partial charge is 0.275 e. The fourth-order valence-corrected chi connectivity index (χ4v) is 2.32. The number of pyridine rings is 2. The van der Waals surface area contributed by atoms with Crippen molar-refractivity contribution in [3.05, 3.63) is 40.3 Å². The van der Waals surface area contributed by atoms with Gasteiger partial charge in [-0.05, 0) is 24.6 Å². The van der Waals surface area contributed by atoms with E-state index in [1.165, 1.54) is 20.0 Å². The maximum absolute atomic E-state index is 12.6. The van der Waals surface area contributed by atoms with Crippen LogP contribution < -0.4 is 10.6 Å². The van der Waals surface area contributed by atoms with Gasteiger partial charge in [-0.3, -0.25) is 14.4 Å². The molecule has 6 heteroatoms. The lowest BCUT2D eigenvalue weighted by atomic mass is 10.1. The molecular formula is C15H17N3O3. The molecule has 0 N–H and O–H groups in total. The molecule has 21 heavy (non-hydrogen) atoms. The highest BCUT2D eigenvalue weighted by Gasteiger charge is 2.22. The molecule has 0 atom stereocenters. The van der Waals surface area contributed by atoms with Crippen LogP contribution in [-0.2, 0) is 16.0 Å². The molecule has 0 aliphatic carbocycles. The molecule has 0 radical (unpaired) electrons. The fourth-order valence-electron chi connectivity index (χ4n) is 2.32. The number of hydrogen-bond acceptors (Lipinski definition) is 4. The number of nitrogens with zero attached hydrogens (tertiary/aromatic N) is 3. The maximum atomic E-state index is 12.6. The number of carbonyl (C=O) groups excluding carboxylic acids is 2. The van der Waals surface area contributed by atoms with E-state index in [0.717, 1.165) is 16.1 Å². The van der Waals surface area contributed by atoms with E-state index >= 15 is 0 Å². The third kappa shape index (κ3) is 2.69. The molecule has 0 spiro atoms. The van der Waals surface area contributed by atoms with E-state index in [1.54, 1.807) is 18.2 Å². The molecule has 0 unspecified atom stereocenters. The van der Waals surface area contributed by atoms with Gasteiger partial charge in [0, 0.05) is 31.0 Å². The molecule has 6 nitrogen and oxygen atoms in total. The number of amides is 2. The van der Waals surface area contributed by atoms with Crippen molar-refractivity contribution in [2.75, 3.05) is 5.01 Å². The summed E-state index contributed by atoms with van der Waals surface area (Å²) in [5.74, 6) is -1.05. The Hall–Kier alpha value is -2.50. The normalized spacial score (nSPS) is 10.6. The molecule has 2 aromatic heterocycles. The summed E-state index contributed by atoms with van der Waals surface area (Å²) < 4.78 is 1.07. The fraction of sp³-hybridized carbons (Fsp3) is 0.333. The third-order valence-corrected chi connectivity index (χ3v) is 3.13. The Bertz CT molecular complexity index is 750. The Labute approximate surface area is 122 Å². The first-order valence-electron chi connectivity index (χ1n) is 6.78. The summed E-state index contributed by atoms with van der Waals surface area (Å²) in [5, 5.41) is 1.55. The standard InChI is InChI=1S/C15H17N3O3/c1-4-6-13-9-12-7-5-8-16-14(12)18(15(13)21)17(10(2)19)11(3)20/h5,7-9H,4,6H2,1-3H3. The number of rotatable bonds is 3. The summed E-state index contributed by atoms with van der Waals surface area (Å²) in [6.45, 7) is 4.45. The topological polar surface area (TPSA) is 72.3 Å². The van der Waals surface area contributed by atoms with Crippen LogP contribution in [0.15, 0.2) is 29.2 Å². The van der Waals surface area contributed by atoms with Crippen molar-refractivity contribution in [3.8, 4) is 0 Å². The Morgan fingerprint density at radius 2 is 1.95 bits per heavy atom. The second-order valence-electron chi connectivity index (χ2n) is 4.80. The van der Waals surface area contributed by atoms with E-state index in [2.05, 4.69) is 4.98 Å². The van der Waals surface area contributed by atoms with E-state index < -0.39 is 11.8 Å². The second kappa shape index (κ2) is 5.87. The van der Waals surface area contributed by atoms with Gasteiger partial charge < -0.3 is 0 Å². The Kier molecular flexibility index (Phi) is 4.16. The van der Waals surface area contributed by atoms with Crippen LogP contribution >= 0.6 is 0 Å². The van der Waals surface area contributed by atoms with Gasteiger partial charge >= 0.3 is 0 Å². The Morgan fingerprint density at radius 3 is 2.52 bits per heavy atom. The molecule has 0 fully saturated rings. The lowest BCUT2D eigenvalue weighted by Gasteiger charge is -2.21. The van der Waals surface area contributed by atoms with E-state index in [0.29, 0.717) is 23.0 Å². The minimum Gasteiger partial charge on any atom is -0.273 e. The Balaban J connectivity index is 2.87. The minimum atomic E-state index is -0.523. The molecule has 0 bridgehead atoms. The lowest BCUT2D eigenvalue weighted by Crippen LogP contribution is -2.49. The maximum Gasteiger partial charge on any atom is 0.275 e. The molecule has 0 aliphatic heterocycles. The predicted octanol–water partition coefficient (Wildman–Crippen LogP) is 1.38. The van der Waals surface area contributed by atoms with Crippen LogP contribution in [0.25, 0.3) is 11.0 Å². The molecular weight excluding hydrogens is 270 g/mol. The van der Waals surface area contributed by atoms with E-state index in [9.17, 15) is 14.4 Å². The van der Waals surface area contributed by atoms with Crippen molar-refractivity contribution in [2.45, 2.75) is 33.6 Å². The molecule has 2 aromatic rings. The van der Waals surface area contributed by atoms with Gasteiger partial charge in [0.25, 0.3) is 5.56 Å². The van der Waals surface area contributed by atoms with Gasteiger partial charge in [-0.2, -0.15) is 9.69 Å². The molecule has 110 valence electrons. The van der Waals surface area contributed by atoms with Gasteiger partial charge in [0.2, 0.25) is 11.8 Å². The molecule has 2 heterocycles. The van der Waals surface area contributed by atoms with Crippen LogP contribution in [0.3, 0.4) is 0 Å². The highest BCUT2D eigenvalue weighted by molar-refractivity contribution is 6.07.